The molecule has 4 atom stereocenters. The number of ether oxygens (including phenoxy) is 1. The molecule has 1 aromatic rings. The molecule has 3 fully saturated rings. The summed E-state index contributed by atoms with van der Waals surface area (Å²) in [4.78, 5) is 25.1. The number of esters is 1. The first kappa shape index (κ1) is 21.9. The predicted octanol–water partition coefficient (Wildman–Crippen LogP) is 4.98. The highest BCUT2D eigenvalue weighted by Gasteiger charge is 2.55. The van der Waals surface area contributed by atoms with Crippen LogP contribution in [0.1, 0.15) is 39.0 Å². The summed E-state index contributed by atoms with van der Waals surface area (Å²) in [5, 5.41) is 2.16. The van der Waals surface area contributed by atoms with Crippen molar-refractivity contribution < 1.29 is 27.5 Å². The van der Waals surface area contributed by atoms with Crippen LogP contribution in [0.5, 0.6) is 0 Å². The molecule has 1 unspecified atom stereocenters. The maximum atomic E-state index is 13.8. The molecule has 1 N–H and O–H groups in total. The molecule has 2 saturated carbocycles. The van der Waals surface area contributed by atoms with Crippen LogP contribution < -0.4 is 5.32 Å². The summed E-state index contributed by atoms with van der Waals surface area (Å²) in [7, 11) is 0. The number of nitrogens with one attached hydrogen (secondary N) is 1. The van der Waals surface area contributed by atoms with Crippen LogP contribution in [0.25, 0.3) is 0 Å². The van der Waals surface area contributed by atoms with Crippen LogP contribution in [0, 0.1) is 35.2 Å². The van der Waals surface area contributed by atoms with E-state index in [1.165, 1.54) is 13.3 Å². The summed E-state index contributed by atoms with van der Waals surface area (Å²) in [6.07, 6.45) is 3.79. The average molecular weight is 460 g/mol. The Morgan fingerprint density at radius 3 is 2.37 bits per heavy atom. The lowest BCUT2D eigenvalue weighted by Crippen LogP contribution is -2.48. The molecule has 1 spiro atoms. The molecule has 0 aromatic heterocycles. The number of carbonyl (C=O) groups is 2. The van der Waals surface area contributed by atoms with Crippen molar-refractivity contribution in [2.24, 2.45) is 17.8 Å². The molecular formula is C21H24F3NO3S2. The van der Waals surface area contributed by atoms with Crippen molar-refractivity contribution in [3.8, 4) is 0 Å². The molecule has 1 amide bonds. The Kier molecular flexibility index (Phi) is 6.30. The summed E-state index contributed by atoms with van der Waals surface area (Å²) in [5.41, 5.74) is -0.494. The van der Waals surface area contributed by atoms with E-state index in [0.717, 1.165) is 49.3 Å². The third-order valence-corrected chi connectivity index (χ3v) is 10.4. The van der Waals surface area contributed by atoms with Crippen LogP contribution in [0.3, 0.4) is 0 Å². The van der Waals surface area contributed by atoms with Gasteiger partial charge in [-0.25, -0.2) is 13.2 Å². The van der Waals surface area contributed by atoms with Gasteiger partial charge in [0, 0.05) is 11.5 Å². The predicted molar refractivity (Wildman–Crippen MR) is 112 cm³/mol. The Labute approximate surface area is 182 Å². The maximum absolute atomic E-state index is 13.8. The van der Waals surface area contributed by atoms with Gasteiger partial charge in [-0.15, -0.1) is 23.5 Å². The molecule has 1 aromatic carbocycles. The summed E-state index contributed by atoms with van der Waals surface area (Å²) < 4.78 is 45.8. The van der Waals surface area contributed by atoms with Crippen molar-refractivity contribution in [3.63, 3.8) is 0 Å². The van der Waals surface area contributed by atoms with Gasteiger partial charge in [0.25, 0.3) is 5.91 Å². The summed E-state index contributed by atoms with van der Waals surface area (Å²) in [6.45, 7) is 1.39. The quantitative estimate of drug-likeness (QED) is 0.509. The molecule has 9 heteroatoms. The minimum atomic E-state index is -1.66. The molecule has 1 saturated heterocycles. The van der Waals surface area contributed by atoms with Gasteiger partial charge in [0.1, 0.15) is 0 Å². The van der Waals surface area contributed by atoms with Gasteiger partial charge in [0.2, 0.25) is 0 Å². The number of rotatable bonds is 4. The number of amides is 1. The Bertz CT molecular complexity index is 831. The number of anilines is 1. The van der Waals surface area contributed by atoms with Crippen molar-refractivity contribution in [1.29, 1.82) is 0 Å². The monoisotopic (exact) mass is 459 g/mol. The van der Waals surface area contributed by atoms with E-state index in [1.807, 2.05) is 23.5 Å². The highest BCUT2D eigenvalue weighted by atomic mass is 32.2. The van der Waals surface area contributed by atoms with E-state index in [9.17, 15) is 22.8 Å². The molecule has 2 aliphatic carbocycles. The molecule has 2 bridgehead atoms. The number of hydrogen-bond donors (Lipinski definition) is 1. The SMILES string of the molecule is C[C@@H](OC(=O)C1C[C@H]2CCC[C@@H](C1)C21SCCS1)C(=O)Nc1ccc(F)c(F)c1F. The minimum absolute atomic E-state index is 0.238. The van der Waals surface area contributed by atoms with Crippen LogP contribution in [0.2, 0.25) is 0 Å². The topological polar surface area (TPSA) is 55.4 Å². The van der Waals surface area contributed by atoms with E-state index < -0.39 is 41.1 Å². The molecule has 4 rings (SSSR count). The fraction of sp³-hybridized carbons (Fsp3) is 0.619. The largest absolute Gasteiger partial charge is 0.452 e. The van der Waals surface area contributed by atoms with Gasteiger partial charge < -0.3 is 10.1 Å². The molecule has 30 heavy (non-hydrogen) atoms. The molecule has 1 aliphatic heterocycles. The zero-order valence-corrected chi connectivity index (χ0v) is 18.2. The van der Waals surface area contributed by atoms with Gasteiger partial charge in [-0.2, -0.15) is 0 Å². The zero-order valence-electron chi connectivity index (χ0n) is 16.6. The summed E-state index contributed by atoms with van der Waals surface area (Å²) in [6, 6.07) is 1.65. The molecule has 0 radical (unpaired) electrons. The van der Waals surface area contributed by atoms with Crippen molar-refractivity contribution in [2.75, 3.05) is 16.8 Å². The third-order valence-electron chi connectivity index (χ3n) is 6.41. The van der Waals surface area contributed by atoms with E-state index in [0.29, 0.717) is 11.8 Å². The molecular weight excluding hydrogens is 435 g/mol. The van der Waals surface area contributed by atoms with Crippen LogP contribution in [-0.4, -0.2) is 33.6 Å². The van der Waals surface area contributed by atoms with Crippen molar-refractivity contribution in [2.45, 2.75) is 49.2 Å². The maximum Gasteiger partial charge on any atom is 0.309 e. The lowest BCUT2D eigenvalue weighted by molar-refractivity contribution is -0.159. The van der Waals surface area contributed by atoms with Crippen molar-refractivity contribution in [1.82, 2.24) is 0 Å². The molecule has 164 valence electrons. The normalized spacial score (nSPS) is 28.2. The fourth-order valence-corrected chi connectivity index (χ4v) is 8.92. The standard InChI is InChI=1S/C21H24F3NO3S2/c1-11(19(26)25-16-6-5-15(22)17(23)18(16)24)28-20(27)12-9-13-3-2-4-14(10-12)21(13)29-7-8-30-21/h5-6,11-14H,2-4,7-10H2,1H3,(H,25,26)/t11-,12?,13-,14+/m1/s1. The van der Waals surface area contributed by atoms with Crippen molar-refractivity contribution in [3.05, 3.63) is 29.6 Å². The third kappa shape index (κ3) is 3.95. The van der Waals surface area contributed by atoms with Crippen LogP contribution in [0.15, 0.2) is 12.1 Å². The van der Waals surface area contributed by atoms with Gasteiger partial charge in [-0.1, -0.05) is 6.42 Å². The van der Waals surface area contributed by atoms with E-state index in [2.05, 4.69) is 5.32 Å². The van der Waals surface area contributed by atoms with Gasteiger partial charge in [-0.05, 0) is 56.6 Å². The lowest BCUT2D eigenvalue weighted by Gasteiger charge is -2.51. The van der Waals surface area contributed by atoms with E-state index in [4.69, 9.17) is 4.74 Å². The van der Waals surface area contributed by atoms with Gasteiger partial charge >= 0.3 is 5.97 Å². The van der Waals surface area contributed by atoms with Gasteiger partial charge in [0.15, 0.2) is 23.6 Å². The van der Waals surface area contributed by atoms with Crippen LogP contribution in [0.4, 0.5) is 18.9 Å². The smallest absolute Gasteiger partial charge is 0.309 e. The molecule has 3 aliphatic rings. The number of thioether (sulfide) groups is 2. The summed E-state index contributed by atoms with van der Waals surface area (Å²) >= 11 is 4.10. The average Bonchev–Trinajstić information content (AvgIpc) is 3.17. The molecule has 4 nitrogen and oxygen atoms in total. The van der Waals surface area contributed by atoms with E-state index in [-0.39, 0.29) is 10.00 Å². The second-order valence-corrected chi connectivity index (χ2v) is 11.2. The Balaban J connectivity index is 1.37. The van der Waals surface area contributed by atoms with Gasteiger partial charge in [-0.3, -0.25) is 9.59 Å². The number of hydrogen-bond acceptors (Lipinski definition) is 5. The first-order chi connectivity index (χ1) is 14.3. The first-order valence-electron chi connectivity index (χ1n) is 10.2. The van der Waals surface area contributed by atoms with Crippen molar-refractivity contribution >= 4 is 41.1 Å². The van der Waals surface area contributed by atoms with Crippen LogP contribution >= 0.6 is 23.5 Å². The highest BCUT2D eigenvalue weighted by molar-refractivity contribution is 8.21. The summed E-state index contributed by atoms with van der Waals surface area (Å²) in [5.74, 6) is -2.68. The zero-order chi connectivity index (χ0) is 21.5. The van der Waals surface area contributed by atoms with E-state index >= 15 is 0 Å². The second kappa shape index (κ2) is 8.65. The van der Waals surface area contributed by atoms with Crippen LogP contribution in [-0.2, 0) is 14.3 Å². The number of halogens is 3. The molecule has 1 heterocycles. The Morgan fingerprint density at radius 1 is 1.10 bits per heavy atom. The van der Waals surface area contributed by atoms with E-state index in [1.54, 1.807) is 0 Å². The first-order valence-corrected chi connectivity index (χ1v) is 12.2. The number of benzene rings is 1. The minimum Gasteiger partial charge on any atom is -0.452 e. The Hall–Kier alpha value is -1.35. The lowest BCUT2D eigenvalue weighted by atomic mass is 9.67. The Morgan fingerprint density at radius 2 is 1.73 bits per heavy atom. The van der Waals surface area contributed by atoms with Gasteiger partial charge in [0.05, 0.1) is 15.7 Å². The number of carbonyl (C=O) groups excluding carboxylic acids is 2. The fourth-order valence-electron chi connectivity index (χ4n) is 4.98. The highest BCUT2D eigenvalue weighted by Crippen LogP contribution is 2.64. The second-order valence-electron chi connectivity index (χ2n) is 8.20.